The molecule has 5 heteroatoms. The first-order chi connectivity index (χ1) is 9.52. The molecule has 1 aliphatic rings. The second-order valence-corrected chi connectivity index (χ2v) is 5.34. The van der Waals surface area contributed by atoms with Gasteiger partial charge in [0.15, 0.2) is 0 Å². The summed E-state index contributed by atoms with van der Waals surface area (Å²) in [6, 6.07) is 4.95. The Balaban J connectivity index is 2.01. The lowest BCUT2D eigenvalue weighted by molar-refractivity contribution is 0.0449. The van der Waals surface area contributed by atoms with Crippen molar-refractivity contribution < 1.29 is 14.6 Å². The van der Waals surface area contributed by atoms with Crippen LogP contribution >= 0.6 is 0 Å². The van der Waals surface area contributed by atoms with Gasteiger partial charge in [0.1, 0.15) is 5.75 Å². The lowest BCUT2D eigenvalue weighted by Gasteiger charge is -2.22. The number of nitrogen functional groups attached to an aromatic ring is 1. The number of ether oxygens (including phenoxy) is 1. The third-order valence-corrected chi connectivity index (χ3v) is 3.61. The van der Waals surface area contributed by atoms with E-state index in [1.165, 1.54) is 0 Å². The Morgan fingerprint density at radius 1 is 1.40 bits per heavy atom. The Labute approximate surface area is 119 Å². The van der Waals surface area contributed by atoms with Gasteiger partial charge in [-0.25, -0.2) is 0 Å². The first-order valence-electron chi connectivity index (χ1n) is 7.06. The molecular formula is C15H22N2O3. The maximum absolute atomic E-state index is 12.1. The van der Waals surface area contributed by atoms with Gasteiger partial charge in [-0.05, 0) is 31.9 Å². The number of benzene rings is 1. The molecule has 0 spiro atoms. The fourth-order valence-electron chi connectivity index (χ4n) is 2.56. The molecule has 1 saturated carbocycles. The van der Waals surface area contributed by atoms with Gasteiger partial charge in [0.25, 0.3) is 5.91 Å². The number of rotatable bonds is 5. The van der Waals surface area contributed by atoms with Crippen molar-refractivity contribution in [2.45, 2.75) is 38.2 Å². The molecule has 110 valence electrons. The molecular weight excluding hydrogens is 256 g/mol. The van der Waals surface area contributed by atoms with Gasteiger partial charge in [-0.15, -0.1) is 0 Å². The quantitative estimate of drug-likeness (QED) is 0.716. The molecule has 1 amide bonds. The van der Waals surface area contributed by atoms with Crippen molar-refractivity contribution in [3.8, 4) is 5.75 Å². The van der Waals surface area contributed by atoms with E-state index in [1.807, 2.05) is 6.92 Å². The molecule has 0 heterocycles. The molecule has 4 N–H and O–H groups in total. The van der Waals surface area contributed by atoms with Crippen LogP contribution in [0.15, 0.2) is 18.2 Å². The minimum absolute atomic E-state index is 0.237. The van der Waals surface area contributed by atoms with Crippen molar-refractivity contribution >= 4 is 11.6 Å². The Morgan fingerprint density at radius 3 is 2.75 bits per heavy atom. The van der Waals surface area contributed by atoms with Crippen molar-refractivity contribution in [1.29, 1.82) is 0 Å². The van der Waals surface area contributed by atoms with E-state index in [2.05, 4.69) is 5.32 Å². The highest BCUT2D eigenvalue weighted by molar-refractivity contribution is 5.95. The molecule has 1 aromatic carbocycles. The summed E-state index contributed by atoms with van der Waals surface area (Å²) in [7, 11) is 0. The number of hydrogen-bond donors (Lipinski definition) is 3. The summed E-state index contributed by atoms with van der Waals surface area (Å²) in [6.07, 6.45) is 3.51. The number of nitrogens with one attached hydrogen (secondary N) is 1. The third-order valence-electron chi connectivity index (χ3n) is 3.61. The highest BCUT2D eigenvalue weighted by Gasteiger charge is 2.31. The molecule has 0 bridgehead atoms. The average Bonchev–Trinajstić information content (AvgIpc) is 2.83. The fraction of sp³-hybridized carbons (Fsp3) is 0.533. The van der Waals surface area contributed by atoms with Gasteiger partial charge < -0.3 is 20.9 Å². The zero-order chi connectivity index (χ0) is 14.6. The van der Waals surface area contributed by atoms with Crippen LogP contribution in [0.1, 0.15) is 43.0 Å². The molecule has 0 aromatic heterocycles. The van der Waals surface area contributed by atoms with Crippen molar-refractivity contribution in [2.24, 2.45) is 0 Å². The predicted molar refractivity (Wildman–Crippen MR) is 77.8 cm³/mol. The number of anilines is 1. The number of nitrogens with two attached hydrogens (primary N) is 1. The largest absolute Gasteiger partial charge is 0.494 e. The van der Waals surface area contributed by atoms with E-state index in [9.17, 15) is 9.90 Å². The van der Waals surface area contributed by atoms with Crippen LogP contribution in [0.5, 0.6) is 5.75 Å². The summed E-state index contributed by atoms with van der Waals surface area (Å²) in [4.78, 5) is 12.1. The van der Waals surface area contributed by atoms with Gasteiger partial charge in [-0.2, -0.15) is 0 Å². The van der Waals surface area contributed by atoms with Crippen LogP contribution in [-0.4, -0.2) is 29.8 Å². The van der Waals surface area contributed by atoms with Gasteiger partial charge in [0.05, 0.1) is 12.2 Å². The van der Waals surface area contributed by atoms with Crippen molar-refractivity contribution in [2.75, 3.05) is 18.9 Å². The van der Waals surface area contributed by atoms with Gasteiger partial charge in [0.2, 0.25) is 0 Å². The van der Waals surface area contributed by atoms with Crippen LogP contribution in [0.3, 0.4) is 0 Å². The number of carbonyl (C=O) groups is 1. The van der Waals surface area contributed by atoms with E-state index >= 15 is 0 Å². The third kappa shape index (κ3) is 3.63. The van der Waals surface area contributed by atoms with E-state index in [0.717, 1.165) is 25.7 Å². The van der Waals surface area contributed by atoms with E-state index < -0.39 is 5.60 Å². The van der Waals surface area contributed by atoms with Crippen LogP contribution in [0.4, 0.5) is 5.69 Å². The van der Waals surface area contributed by atoms with Crippen LogP contribution in [0.25, 0.3) is 0 Å². The molecule has 0 saturated heterocycles. The van der Waals surface area contributed by atoms with Crippen LogP contribution in [-0.2, 0) is 0 Å². The Kier molecular flexibility index (Phi) is 4.49. The standard InChI is InChI=1S/C15H22N2O3/c1-2-20-13-8-11(7-12(16)9-13)14(18)17-10-15(19)5-3-4-6-15/h7-9,19H,2-6,10,16H2,1H3,(H,17,18). The lowest BCUT2D eigenvalue weighted by Crippen LogP contribution is -2.40. The molecule has 0 radical (unpaired) electrons. The average molecular weight is 278 g/mol. The Morgan fingerprint density at radius 2 is 2.10 bits per heavy atom. The van der Waals surface area contributed by atoms with E-state index in [-0.39, 0.29) is 12.5 Å². The maximum Gasteiger partial charge on any atom is 0.251 e. The molecule has 1 aliphatic carbocycles. The second-order valence-electron chi connectivity index (χ2n) is 5.34. The monoisotopic (exact) mass is 278 g/mol. The molecule has 1 fully saturated rings. The zero-order valence-electron chi connectivity index (χ0n) is 11.8. The summed E-state index contributed by atoms with van der Waals surface area (Å²) < 4.78 is 5.37. The van der Waals surface area contributed by atoms with Crippen LogP contribution < -0.4 is 15.8 Å². The molecule has 2 rings (SSSR count). The molecule has 0 unspecified atom stereocenters. The second kappa shape index (κ2) is 6.13. The first kappa shape index (κ1) is 14.7. The highest BCUT2D eigenvalue weighted by atomic mass is 16.5. The number of aliphatic hydroxyl groups is 1. The van der Waals surface area contributed by atoms with Crippen molar-refractivity contribution in [3.05, 3.63) is 23.8 Å². The fourth-order valence-corrected chi connectivity index (χ4v) is 2.56. The van der Waals surface area contributed by atoms with Gasteiger partial charge in [0, 0.05) is 23.9 Å². The molecule has 5 nitrogen and oxygen atoms in total. The predicted octanol–water partition coefficient (Wildman–Crippen LogP) is 1.70. The molecule has 1 aromatic rings. The van der Waals surface area contributed by atoms with E-state index in [0.29, 0.717) is 23.6 Å². The van der Waals surface area contributed by atoms with Gasteiger partial charge in [-0.3, -0.25) is 4.79 Å². The number of carbonyl (C=O) groups excluding carboxylic acids is 1. The summed E-state index contributed by atoms with van der Waals surface area (Å²) in [5, 5.41) is 13.0. The summed E-state index contributed by atoms with van der Waals surface area (Å²) in [6.45, 7) is 2.67. The summed E-state index contributed by atoms with van der Waals surface area (Å²) in [5.74, 6) is 0.343. The van der Waals surface area contributed by atoms with Gasteiger partial charge >= 0.3 is 0 Å². The van der Waals surface area contributed by atoms with Crippen molar-refractivity contribution in [3.63, 3.8) is 0 Å². The number of hydrogen-bond acceptors (Lipinski definition) is 4. The van der Waals surface area contributed by atoms with E-state index in [4.69, 9.17) is 10.5 Å². The van der Waals surface area contributed by atoms with E-state index in [1.54, 1.807) is 18.2 Å². The lowest BCUT2D eigenvalue weighted by atomic mass is 10.0. The molecule has 0 atom stereocenters. The SMILES string of the molecule is CCOc1cc(N)cc(C(=O)NCC2(O)CCCC2)c1. The normalized spacial score (nSPS) is 16.9. The Bertz CT molecular complexity index is 482. The summed E-state index contributed by atoms with van der Waals surface area (Å²) in [5.41, 5.74) is 5.95. The van der Waals surface area contributed by atoms with Crippen molar-refractivity contribution in [1.82, 2.24) is 5.32 Å². The minimum atomic E-state index is -0.751. The molecule has 20 heavy (non-hydrogen) atoms. The molecule has 0 aliphatic heterocycles. The zero-order valence-corrected chi connectivity index (χ0v) is 11.8. The highest BCUT2D eigenvalue weighted by Crippen LogP contribution is 2.28. The minimum Gasteiger partial charge on any atom is -0.494 e. The van der Waals surface area contributed by atoms with Crippen LogP contribution in [0, 0.1) is 0 Å². The van der Waals surface area contributed by atoms with Gasteiger partial charge in [-0.1, -0.05) is 12.8 Å². The first-order valence-corrected chi connectivity index (χ1v) is 7.06. The Hall–Kier alpha value is -1.75. The van der Waals surface area contributed by atoms with Crippen LogP contribution in [0.2, 0.25) is 0 Å². The topological polar surface area (TPSA) is 84.6 Å². The summed E-state index contributed by atoms with van der Waals surface area (Å²) >= 11 is 0. The number of amides is 1. The smallest absolute Gasteiger partial charge is 0.251 e. The maximum atomic E-state index is 12.1.